The summed E-state index contributed by atoms with van der Waals surface area (Å²) in [6.45, 7) is 4.74. The second-order valence-corrected chi connectivity index (χ2v) is 12.3. The molecule has 0 bridgehead atoms. The molecular weight excluding hydrogens is 520 g/mol. The van der Waals surface area contributed by atoms with Gasteiger partial charge in [-0.1, -0.05) is 60.6 Å². The zero-order chi connectivity index (χ0) is 27.6. The first-order valence-electron chi connectivity index (χ1n) is 14.9. The molecule has 0 spiro atoms. The predicted molar refractivity (Wildman–Crippen MR) is 175 cm³/mol. The number of pyridine rings is 1. The highest BCUT2D eigenvalue weighted by molar-refractivity contribution is 8.03. The lowest BCUT2D eigenvalue weighted by molar-refractivity contribution is -0.646. The van der Waals surface area contributed by atoms with Gasteiger partial charge in [-0.3, -0.25) is 0 Å². The number of aromatic amines is 1. The molecule has 2 aromatic heterocycles. The van der Waals surface area contributed by atoms with Crippen LogP contribution in [0.15, 0.2) is 94.9 Å². The Morgan fingerprint density at radius 3 is 2.56 bits per heavy atom. The van der Waals surface area contributed by atoms with Crippen molar-refractivity contribution in [1.29, 1.82) is 0 Å². The fourth-order valence-corrected chi connectivity index (χ4v) is 7.42. The number of hydrogen-bond donors (Lipinski definition) is 1. The predicted octanol–water partition coefficient (Wildman–Crippen LogP) is 8.10. The first-order valence-corrected chi connectivity index (χ1v) is 15.7. The maximum atomic E-state index is 3.53. The lowest BCUT2D eigenvalue weighted by Crippen LogP contribution is -2.33. The Morgan fingerprint density at radius 1 is 0.854 bits per heavy atom. The van der Waals surface area contributed by atoms with Crippen molar-refractivity contribution in [3.63, 3.8) is 0 Å². The van der Waals surface area contributed by atoms with Crippen LogP contribution in [-0.4, -0.2) is 36.1 Å². The molecule has 0 aliphatic carbocycles. The van der Waals surface area contributed by atoms with Crippen LogP contribution in [0.5, 0.6) is 0 Å². The van der Waals surface area contributed by atoms with Gasteiger partial charge < -0.3 is 14.8 Å². The Labute approximate surface area is 247 Å². The molecule has 0 radical (unpaired) electrons. The molecular formula is C36H37N4S+. The minimum Gasteiger partial charge on any atom is -0.355 e. The van der Waals surface area contributed by atoms with Gasteiger partial charge >= 0.3 is 0 Å². The molecule has 7 rings (SSSR count). The summed E-state index contributed by atoms with van der Waals surface area (Å²) in [6, 6.07) is 30.6. The second-order valence-electron chi connectivity index (χ2n) is 11.2. The summed E-state index contributed by atoms with van der Waals surface area (Å²) < 4.78 is 2.30. The molecule has 4 heterocycles. The smallest absolute Gasteiger partial charge is 0.213 e. The lowest BCUT2D eigenvalue weighted by Gasteiger charge is -2.28. The van der Waals surface area contributed by atoms with E-state index in [9.17, 15) is 0 Å². The molecule has 0 amide bonds. The number of H-pyrrole nitrogens is 1. The normalized spacial score (nSPS) is 16.9. The maximum Gasteiger partial charge on any atom is 0.213 e. The van der Waals surface area contributed by atoms with Gasteiger partial charge in [0.2, 0.25) is 11.2 Å². The van der Waals surface area contributed by atoms with Crippen LogP contribution in [0.4, 0.5) is 5.69 Å². The number of hydrogen-bond acceptors (Lipinski definition) is 3. The Balaban J connectivity index is 1.23. The zero-order valence-electron chi connectivity index (χ0n) is 23.7. The van der Waals surface area contributed by atoms with Gasteiger partial charge in [0.25, 0.3) is 0 Å². The van der Waals surface area contributed by atoms with E-state index < -0.39 is 0 Å². The Morgan fingerprint density at radius 2 is 1.66 bits per heavy atom. The minimum absolute atomic E-state index is 1.04. The molecule has 41 heavy (non-hydrogen) atoms. The van der Waals surface area contributed by atoms with E-state index in [0.717, 1.165) is 12.2 Å². The third-order valence-electron chi connectivity index (χ3n) is 8.47. The van der Waals surface area contributed by atoms with Crippen molar-refractivity contribution < 1.29 is 4.57 Å². The number of aromatic nitrogens is 2. The topological polar surface area (TPSA) is 26.1 Å². The van der Waals surface area contributed by atoms with Gasteiger partial charge in [0.15, 0.2) is 0 Å². The number of piperidine rings is 1. The van der Waals surface area contributed by atoms with Crippen molar-refractivity contribution in [1.82, 2.24) is 9.88 Å². The fourth-order valence-electron chi connectivity index (χ4n) is 6.28. The lowest BCUT2D eigenvalue weighted by atomic mass is 10.1. The monoisotopic (exact) mass is 557 g/mol. The van der Waals surface area contributed by atoms with Crippen molar-refractivity contribution in [2.75, 3.05) is 31.1 Å². The number of anilines is 1. The van der Waals surface area contributed by atoms with E-state index in [1.807, 2.05) is 11.8 Å². The van der Waals surface area contributed by atoms with Crippen LogP contribution in [0.2, 0.25) is 0 Å². The number of nitrogens with zero attached hydrogens (tertiary/aromatic N) is 3. The van der Waals surface area contributed by atoms with Crippen LogP contribution in [0.3, 0.4) is 0 Å². The summed E-state index contributed by atoms with van der Waals surface area (Å²) in [6.07, 6.45) is 12.1. The fraction of sp³-hybridized carbons (Fsp3) is 0.250. The van der Waals surface area contributed by atoms with Crippen molar-refractivity contribution >= 4 is 57.5 Å². The van der Waals surface area contributed by atoms with Crippen molar-refractivity contribution in [3.05, 3.63) is 107 Å². The number of para-hydroxylation sites is 3. The SMILES string of the molecule is C[n+]1c(/C=C/c2cc3ccccc3[nH]2)cc(/C=C2\Sc3ccccc3N2CCCN2CCCCC2)c2ccccc21. The van der Waals surface area contributed by atoms with Gasteiger partial charge in [0, 0.05) is 40.9 Å². The molecule has 0 saturated carbocycles. The number of nitrogens with one attached hydrogen (secondary N) is 1. The molecule has 0 unspecified atom stereocenters. The second kappa shape index (κ2) is 11.6. The van der Waals surface area contributed by atoms with Gasteiger partial charge in [0.1, 0.15) is 7.05 Å². The van der Waals surface area contributed by atoms with Crippen LogP contribution < -0.4 is 9.47 Å². The van der Waals surface area contributed by atoms with E-state index in [1.54, 1.807) is 0 Å². The highest BCUT2D eigenvalue weighted by atomic mass is 32.2. The van der Waals surface area contributed by atoms with Crippen LogP contribution in [0.25, 0.3) is 40.0 Å². The number of fused-ring (bicyclic) bond motifs is 3. The molecule has 5 aromatic rings. The molecule has 4 nitrogen and oxygen atoms in total. The van der Waals surface area contributed by atoms with E-state index in [-0.39, 0.29) is 0 Å². The van der Waals surface area contributed by atoms with Crippen molar-refractivity contribution in [2.24, 2.45) is 7.05 Å². The van der Waals surface area contributed by atoms with Crippen LogP contribution >= 0.6 is 11.8 Å². The number of rotatable bonds is 7. The third-order valence-corrected chi connectivity index (χ3v) is 9.58. The summed E-state index contributed by atoms with van der Waals surface area (Å²) in [5.74, 6) is 0. The highest BCUT2D eigenvalue weighted by Gasteiger charge is 2.25. The van der Waals surface area contributed by atoms with Gasteiger partial charge in [-0.15, -0.1) is 0 Å². The minimum atomic E-state index is 1.04. The maximum absolute atomic E-state index is 3.53. The van der Waals surface area contributed by atoms with E-state index in [2.05, 4.69) is 130 Å². The zero-order valence-corrected chi connectivity index (χ0v) is 24.5. The third kappa shape index (κ3) is 5.44. The molecule has 2 aliphatic rings. The van der Waals surface area contributed by atoms with E-state index >= 15 is 0 Å². The van der Waals surface area contributed by atoms with Crippen molar-refractivity contribution in [2.45, 2.75) is 30.6 Å². The number of likely N-dealkylation sites (tertiary alicyclic amines) is 1. The van der Waals surface area contributed by atoms with E-state index in [4.69, 9.17) is 0 Å². The molecule has 5 heteroatoms. The van der Waals surface area contributed by atoms with Gasteiger partial charge in [-0.2, -0.15) is 4.57 Å². The number of thioether (sulfide) groups is 1. The Kier molecular flexibility index (Phi) is 7.39. The highest BCUT2D eigenvalue weighted by Crippen LogP contribution is 2.46. The quantitative estimate of drug-likeness (QED) is 0.205. The Bertz CT molecular complexity index is 1730. The van der Waals surface area contributed by atoms with Gasteiger partial charge in [-0.05, 0) is 92.3 Å². The standard InChI is InChI=1S/C36H36N4S/c1-38-30(19-18-29-24-27-12-3-5-14-32(27)37-29)25-28(31-13-4-6-15-33(31)38)26-36-40(34-16-7-8-17-35(34)41-36)23-11-22-39-20-9-2-10-21-39/h3-8,12-19,24-26H,2,9-11,20-23H2,1H3/p+1/b36-26-. The first-order chi connectivity index (χ1) is 20.2. The molecule has 1 N–H and O–H groups in total. The molecule has 1 saturated heterocycles. The largest absolute Gasteiger partial charge is 0.355 e. The Hall–Kier alpha value is -3.80. The summed E-state index contributed by atoms with van der Waals surface area (Å²) in [5, 5.41) is 3.82. The first kappa shape index (κ1) is 26.1. The van der Waals surface area contributed by atoms with Crippen LogP contribution in [-0.2, 0) is 7.05 Å². The summed E-state index contributed by atoms with van der Waals surface area (Å²) in [5.41, 5.74) is 7.28. The molecule has 1 fully saturated rings. The van der Waals surface area contributed by atoms with Gasteiger partial charge in [0.05, 0.1) is 16.1 Å². The number of benzene rings is 3. The van der Waals surface area contributed by atoms with Crippen LogP contribution in [0.1, 0.15) is 42.6 Å². The average molecular weight is 558 g/mol. The van der Waals surface area contributed by atoms with E-state index in [1.165, 1.54) is 94.0 Å². The summed E-state index contributed by atoms with van der Waals surface area (Å²) in [4.78, 5) is 10.1. The molecule has 3 aromatic carbocycles. The van der Waals surface area contributed by atoms with Crippen LogP contribution in [0, 0.1) is 0 Å². The molecule has 0 atom stereocenters. The molecule has 206 valence electrons. The number of aryl methyl sites for hydroxylation is 1. The average Bonchev–Trinajstić information content (AvgIpc) is 3.59. The molecule has 2 aliphatic heterocycles. The summed E-state index contributed by atoms with van der Waals surface area (Å²) in [7, 11) is 2.16. The van der Waals surface area contributed by atoms with Gasteiger partial charge in [-0.25, -0.2) is 0 Å². The van der Waals surface area contributed by atoms with E-state index in [0.29, 0.717) is 0 Å². The summed E-state index contributed by atoms with van der Waals surface area (Å²) >= 11 is 1.90. The van der Waals surface area contributed by atoms with Crippen molar-refractivity contribution in [3.8, 4) is 0 Å².